The number of nitrogens with zero attached hydrogens (tertiary/aromatic N) is 4. The maximum absolute atomic E-state index is 13.4. The molecule has 3 aliphatic rings. The number of anilines is 1. The molecular weight excluding hydrogens is 757 g/mol. The van der Waals surface area contributed by atoms with E-state index in [0.29, 0.717) is 82.5 Å². The van der Waals surface area contributed by atoms with Crippen molar-refractivity contribution in [1.29, 1.82) is 0 Å². The number of thiazole rings is 1. The molecular formula is C44H62N6O7S. The molecule has 3 aromatic rings. The molecule has 1 aromatic heterocycles. The van der Waals surface area contributed by atoms with Gasteiger partial charge < -0.3 is 44.7 Å². The first-order chi connectivity index (χ1) is 28.1. The molecule has 13 nitrogen and oxygen atoms in total. The average Bonchev–Trinajstić information content (AvgIpc) is 3.68. The number of hydrogen-bond acceptors (Lipinski definition) is 11. The van der Waals surface area contributed by atoms with Crippen LogP contribution < -0.4 is 15.4 Å². The Balaban J connectivity index is 0.857. The second kappa shape index (κ2) is 21.3. The van der Waals surface area contributed by atoms with Gasteiger partial charge in [-0.05, 0) is 81.7 Å². The highest BCUT2D eigenvalue weighted by Crippen LogP contribution is 2.39. The minimum Gasteiger partial charge on any atom is -0.506 e. The maximum Gasteiger partial charge on any atom is 0.273 e. The van der Waals surface area contributed by atoms with Gasteiger partial charge in [0.15, 0.2) is 12.4 Å². The minimum absolute atomic E-state index is 0.00868. The van der Waals surface area contributed by atoms with Gasteiger partial charge in [-0.2, -0.15) is 0 Å². The number of likely N-dealkylation sites (tertiary alicyclic amines) is 1. The number of nitrogens with one attached hydrogen (secondary N) is 2. The topological polar surface area (TPSA) is 146 Å². The molecule has 1 spiro atoms. The fourth-order valence-electron chi connectivity index (χ4n) is 8.09. The van der Waals surface area contributed by atoms with Gasteiger partial charge in [-0.1, -0.05) is 50.1 Å². The quantitative estimate of drug-likeness (QED) is 0.103. The number of carbonyl (C=O) groups is 3. The standard InChI is InChI=1S/C44H62N6O7S/c1-4-5-6-32(2)50(24-20-45-19-13-36-11-12-38(51)41-42(36)56-29-39(52)47-41)40(53)16-27-55-26-15-35-9-7-34(8-10-35)14-21-48-22-17-44(18-23-48)31-49(25-28-57-44)43(54)37-30-58-33(3)46-37/h7-12,30,32,45,51H,4-6,13-29,31H2,1-3H3,(H,47,52). The molecule has 2 saturated heterocycles. The monoisotopic (exact) mass is 818 g/mol. The lowest BCUT2D eigenvalue weighted by Gasteiger charge is -2.47. The van der Waals surface area contributed by atoms with Crippen LogP contribution in [0.1, 0.15) is 84.6 Å². The highest BCUT2D eigenvalue weighted by molar-refractivity contribution is 7.09. The van der Waals surface area contributed by atoms with Gasteiger partial charge in [-0.25, -0.2) is 4.98 Å². The van der Waals surface area contributed by atoms with Crippen molar-refractivity contribution < 1.29 is 33.7 Å². The molecule has 3 N–H and O–H groups in total. The molecule has 0 saturated carbocycles. The Morgan fingerprint density at radius 1 is 1.07 bits per heavy atom. The third-order valence-electron chi connectivity index (χ3n) is 11.6. The second-order valence-electron chi connectivity index (χ2n) is 15.9. The van der Waals surface area contributed by atoms with E-state index in [4.69, 9.17) is 14.2 Å². The normalized spacial score (nSPS) is 17.1. The Kier molecular flexibility index (Phi) is 15.9. The van der Waals surface area contributed by atoms with Crippen molar-refractivity contribution in [2.45, 2.75) is 90.2 Å². The summed E-state index contributed by atoms with van der Waals surface area (Å²) in [5.74, 6) is 0.356. The summed E-state index contributed by atoms with van der Waals surface area (Å²) in [5, 5.41) is 19.0. The van der Waals surface area contributed by atoms with Crippen LogP contribution in [0, 0.1) is 6.92 Å². The Hall–Kier alpha value is -4.08. The summed E-state index contributed by atoms with van der Waals surface area (Å²) < 4.78 is 17.9. The number of piperidine rings is 1. The van der Waals surface area contributed by atoms with Crippen LogP contribution in [0.2, 0.25) is 0 Å². The number of benzene rings is 2. The fourth-order valence-corrected chi connectivity index (χ4v) is 8.68. The molecule has 0 aliphatic carbocycles. The Bertz CT molecular complexity index is 1810. The van der Waals surface area contributed by atoms with E-state index in [1.807, 2.05) is 28.2 Å². The zero-order valence-electron chi connectivity index (χ0n) is 34.6. The summed E-state index contributed by atoms with van der Waals surface area (Å²) in [6.07, 6.45) is 7.77. The largest absolute Gasteiger partial charge is 0.506 e. The number of rotatable bonds is 20. The molecule has 58 heavy (non-hydrogen) atoms. The highest BCUT2D eigenvalue weighted by atomic mass is 32.1. The van der Waals surface area contributed by atoms with Gasteiger partial charge >= 0.3 is 0 Å². The van der Waals surface area contributed by atoms with Gasteiger partial charge in [0.1, 0.15) is 17.1 Å². The van der Waals surface area contributed by atoms with Crippen LogP contribution in [0.15, 0.2) is 41.8 Å². The third kappa shape index (κ3) is 12.0. The zero-order valence-corrected chi connectivity index (χ0v) is 35.4. The van der Waals surface area contributed by atoms with Gasteiger partial charge in [-0.15, -0.1) is 11.3 Å². The van der Waals surface area contributed by atoms with E-state index in [9.17, 15) is 19.5 Å². The van der Waals surface area contributed by atoms with Crippen LogP contribution in [0.25, 0.3) is 0 Å². The second-order valence-corrected chi connectivity index (χ2v) is 17.0. The number of ether oxygens (including phenoxy) is 3. The first-order valence-electron chi connectivity index (χ1n) is 21.1. The summed E-state index contributed by atoms with van der Waals surface area (Å²) in [5.41, 5.74) is 4.06. The number of aromatic hydroxyl groups is 1. The van der Waals surface area contributed by atoms with Crippen LogP contribution in [0.4, 0.5) is 5.69 Å². The van der Waals surface area contributed by atoms with Gasteiger partial charge in [-0.3, -0.25) is 14.4 Å². The summed E-state index contributed by atoms with van der Waals surface area (Å²) in [6.45, 7) is 13.8. The van der Waals surface area contributed by atoms with Crippen molar-refractivity contribution in [3.05, 3.63) is 69.2 Å². The molecule has 316 valence electrons. The highest BCUT2D eigenvalue weighted by Gasteiger charge is 2.41. The van der Waals surface area contributed by atoms with Crippen molar-refractivity contribution >= 4 is 34.7 Å². The van der Waals surface area contributed by atoms with Gasteiger partial charge in [0.25, 0.3) is 11.8 Å². The fraction of sp³-hybridized carbons (Fsp3) is 0.591. The molecule has 14 heteroatoms. The number of aromatic nitrogens is 1. The van der Waals surface area contributed by atoms with Crippen LogP contribution in [-0.4, -0.2) is 133 Å². The van der Waals surface area contributed by atoms with Crippen molar-refractivity contribution in [2.75, 3.05) is 84.1 Å². The number of aryl methyl sites for hydroxylation is 1. The maximum atomic E-state index is 13.4. The van der Waals surface area contributed by atoms with E-state index >= 15 is 0 Å². The van der Waals surface area contributed by atoms with Gasteiger partial charge in [0, 0.05) is 50.7 Å². The molecule has 6 rings (SSSR count). The van der Waals surface area contributed by atoms with Crippen LogP contribution in [0.5, 0.6) is 11.5 Å². The number of fused-ring (bicyclic) bond motifs is 1. The molecule has 4 heterocycles. The molecule has 1 atom stereocenters. The molecule has 2 aromatic carbocycles. The lowest BCUT2D eigenvalue weighted by Crippen LogP contribution is -2.58. The van der Waals surface area contributed by atoms with E-state index in [1.54, 1.807) is 6.07 Å². The number of phenolic OH excluding ortho intramolecular Hbond substituents is 1. The van der Waals surface area contributed by atoms with E-state index in [2.05, 4.69) is 58.6 Å². The third-order valence-corrected chi connectivity index (χ3v) is 12.4. The average molecular weight is 819 g/mol. The van der Waals surface area contributed by atoms with E-state index in [0.717, 1.165) is 75.2 Å². The number of morpholine rings is 1. The molecule has 0 bridgehead atoms. The number of unbranched alkanes of at least 4 members (excludes halogenated alkanes) is 1. The number of phenols is 1. The molecule has 0 radical (unpaired) electrons. The SMILES string of the molecule is CCCCC(C)N(CCNCCc1ccc(O)c2c1OCC(=O)N2)C(=O)CCOCCc1ccc(CCN2CCC3(CC2)CN(C(=O)c2csc(C)n2)CCO3)cc1. The lowest BCUT2D eigenvalue weighted by molar-refractivity contribution is -0.134. The summed E-state index contributed by atoms with van der Waals surface area (Å²) in [4.78, 5) is 49.0. The zero-order chi connectivity index (χ0) is 40.9. The minimum atomic E-state index is -0.284. The van der Waals surface area contributed by atoms with Gasteiger partial charge in [0.2, 0.25) is 5.91 Å². The van der Waals surface area contributed by atoms with E-state index in [-0.39, 0.29) is 41.7 Å². The summed E-state index contributed by atoms with van der Waals surface area (Å²) in [6, 6.07) is 12.3. The Labute approximate surface area is 347 Å². The van der Waals surface area contributed by atoms with E-state index < -0.39 is 0 Å². The Morgan fingerprint density at radius 2 is 1.84 bits per heavy atom. The van der Waals surface area contributed by atoms with Crippen molar-refractivity contribution in [3.8, 4) is 11.5 Å². The molecule has 3 aliphatic heterocycles. The summed E-state index contributed by atoms with van der Waals surface area (Å²) >= 11 is 1.51. The first kappa shape index (κ1) is 43.5. The van der Waals surface area contributed by atoms with Crippen molar-refractivity contribution in [3.63, 3.8) is 0 Å². The molecule has 2 fully saturated rings. The molecule has 3 amide bonds. The number of carbonyl (C=O) groups excluding carboxylic acids is 3. The first-order valence-corrected chi connectivity index (χ1v) is 22.0. The van der Waals surface area contributed by atoms with Crippen LogP contribution in [-0.2, 0) is 38.3 Å². The number of hydrogen-bond donors (Lipinski definition) is 3. The van der Waals surface area contributed by atoms with Gasteiger partial charge in [0.05, 0.1) is 43.4 Å². The predicted octanol–water partition coefficient (Wildman–Crippen LogP) is 5.23. The van der Waals surface area contributed by atoms with Crippen LogP contribution in [0.3, 0.4) is 0 Å². The van der Waals surface area contributed by atoms with Crippen LogP contribution >= 0.6 is 11.3 Å². The number of amides is 3. The lowest BCUT2D eigenvalue weighted by atomic mass is 9.89. The predicted molar refractivity (Wildman–Crippen MR) is 226 cm³/mol. The van der Waals surface area contributed by atoms with Crippen molar-refractivity contribution in [2.24, 2.45) is 0 Å². The smallest absolute Gasteiger partial charge is 0.273 e. The summed E-state index contributed by atoms with van der Waals surface area (Å²) in [7, 11) is 0. The van der Waals surface area contributed by atoms with E-state index in [1.165, 1.54) is 22.5 Å². The Morgan fingerprint density at radius 3 is 2.59 bits per heavy atom. The van der Waals surface area contributed by atoms with Crippen molar-refractivity contribution in [1.82, 2.24) is 25.0 Å². The molecule has 1 unspecified atom stereocenters.